The van der Waals surface area contributed by atoms with Crippen molar-refractivity contribution in [1.82, 2.24) is 14.7 Å². The van der Waals surface area contributed by atoms with E-state index in [1.165, 1.54) is 64.8 Å². The minimum Gasteiger partial charge on any atom is -0.306 e. The number of likely N-dealkylation sites (tertiary alicyclic amines) is 1. The van der Waals surface area contributed by atoms with Crippen LogP contribution in [0.5, 0.6) is 0 Å². The molecular formula is C15H29N3. The van der Waals surface area contributed by atoms with E-state index < -0.39 is 0 Å². The van der Waals surface area contributed by atoms with Crippen LogP contribution in [0.4, 0.5) is 0 Å². The van der Waals surface area contributed by atoms with Crippen LogP contribution in [0.3, 0.4) is 0 Å². The van der Waals surface area contributed by atoms with Crippen molar-refractivity contribution in [3.63, 3.8) is 0 Å². The summed E-state index contributed by atoms with van der Waals surface area (Å²) < 4.78 is 0. The summed E-state index contributed by atoms with van der Waals surface area (Å²) in [6, 6.07) is 2.58. The number of piperazine rings is 1. The van der Waals surface area contributed by atoms with Crippen molar-refractivity contribution in [3.8, 4) is 0 Å². The van der Waals surface area contributed by atoms with Gasteiger partial charge in [0.05, 0.1) is 0 Å². The average molecular weight is 251 g/mol. The van der Waals surface area contributed by atoms with E-state index in [0.29, 0.717) is 0 Å². The van der Waals surface area contributed by atoms with Gasteiger partial charge < -0.3 is 4.90 Å². The van der Waals surface area contributed by atoms with Gasteiger partial charge in [0, 0.05) is 31.2 Å². The fraction of sp³-hybridized carbons (Fsp3) is 1.00. The highest BCUT2D eigenvalue weighted by molar-refractivity contribution is 4.95. The second kappa shape index (κ2) is 5.48. The average Bonchev–Trinajstić information content (AvgIpc) is 2.85. The molecule has 18 heavy (non-hydrogen) atoms. The molecular weight excluding hydrogens is 222 g/mol. The number of hydrogen-bond acceptors (Lipinski definition) is 3. The summed E-state index contributed by atoms with van der Waals surface area (Å²) >= 11 is 0. The molecule has 3 fully saturated rings. The van der Waals surface area contributed by atoms with Gasteiger partial charge >= 0.3 is 0 Å². The van der Waals surface area contributed by atoms with Crippen molar-refractivity contribution < 1.29 is 0 Å². The molecule has 0 amide bonds. The van der Waals surface area contributed by atoms with Crippen molar-refractivity contribution >= 4 is 0 Å². The SMILES string of the molecule is CCC1CN2CCCC2CN1C1CCN(C)CC1. The molecule has 0 radical (unpaired) electrons. The lowest BCUT2D eigenvalue weighted by atomic mass is 9.96. The largest absolute Gasteiger partial charge is 0.306 e. The number of nitrogens with zero attached hydrogens (tertiary/aromatic N) is 3. The van der Waals surface area contributed by atoms with Gasteiger partial charge in [-0.25, -0.2) is 0 Å². The minimum atomic E-state index is 0.827. The molecule has 3 heteroatoms. The van der Waals surface area contributed by atoms with Crippen LogP contribution in [0, 0.1) is 0 Å². The van der Waals surface area contributed by atoms with Crippen LogP contribution < -0.4 is 0 Å². The zero-order valence-corrected chi connectivity index (χ0v) is 12.1. The maximum absolute atomic E-state index is 2.89. The molecule has 0 aromatic heterocycles. The zero-order chi connectivity index (χ0) is 12.5. The van der Waals surface area contributed by atoms with Gasteiger partial charge in [0.25, 0.3) is 0 Å². The van der Waals surface area contributed by atoms with Crippen molar-refractivity contribution in [1.29, 1.82) is 0 Å². The van der Waals surface area contributed by atoms with Crippen molar-refractivity contribution in [3.05, 3.63) is 0 Å². The lowest BCUT2D eigenvalue weighted by molar-refractivity contribution is -0.000203. The Labute approximate surface area is 112 Å². The molecule has 3 nitrogen and oxygen atoms in total. The Morgan fingerprint density at radius 2 is 1.72 bits per heavy atom. The lowest BCUT2D eigenvalue weighted by Gasteiger charge is -2.48. The van der Waals surface area contributed by atoms with Gasteiger partial charge in [-0.3, -0.25) is 9.80 Å². The third-order valence-corrected chi connectivity index (χ3v) is 5.46. The molecule has 0 aromatic rings. The van der Waals surface area contributed by atoms with Gasteiger partial charge in [-0.15, -0.1) is 0 Å². The molecule has 0 spiro atoms. The van der Waals surface area contributed by atoms with Crippen molar-refractivity contribution in [2.45, 2.75) is 57.2 Å². The molecule has 0 N–H and O–H groups in total. The Morgan fingerprint density at radius 3 is 2.44 bits per heavy atom. The number of rotatable bonds is 2. The fourth-order valence-electron chi connectivity index (χ4n) is 4.25. The van der Waals surface area contributed by atoms with Crippen LogP contribution in [0.15, 0.2) is 0 Å². The standard InChI is InChI=1S/C15H29N3/c1-3-13-11-17-8-4-5-15(17)12-18(13)14-6-9-16(2)10-7-14/h13-15H,3-12H2,1-2H3. The van der Waals surface area contributed by atoms with E-state index in [9.17, 15) is 0 Å². The van der Waals surface area contributed by atoms with E-state index in [0.717, 1.165) is 18.1 Å². The zero-order valence-electron chi connectivity index (χ0n) is 12.1. The highest BCUT2D eigenvalue weighted by Gasteiger charge is 2.38. The second-order valence-electron chi connectivity index (χ2n) is 6.58. The Bertz CT molecular complexity index is 273. The fourth-order valence-corrected chi connectivity index (χ4v) is 4.25. The highest BCUT2D eigenvalue weighted by atomic mass is 15.3. The summed E-state index contributed by atoms with van der Waals surface area (Å²) in [6.45, 7) is 9.03. The van der Waals surface area contributed by atoms with Crippen LogP contribution in [0.2, 0.25) is 0 Å². The monoisotopic (exact) mass is 251 g/mol. The number of hydrogen-bond donors (Lipinski definition) is 0. The third-order valence-electron chi connectivity index (χ3n) is 5.46. The Morgan fingerprint density at radius 1 is 0.944 bits per heavy atom. The first-order valence-corrected chi connectivity index (χ1v) is 7.96. The first kappa shape index (κ1) is 12.9. The maximum atomic E-state index is 2.89. The summed E-state index contributed by atoms with van der Waals surface area (Å²) in [5, 5.41) is 0. The molecule has 3 aliphatic heterocycles. The van der Waals surface area contributed by atoms with Crippen LogP contribution >= 0.6 is 0 Å². The van der Waals surface area contributed by atoms with Gasteiger partial charge in [-0.1, -0.05) is 6.92 Å². The van der Waals surface area contributed by atoms with Crippen LogP contribution in [-0.4, -0.2) is 72.6 Å². The first-order valence-electron chi connectivity index (χ1n) is 7.96. The molecule has 2 atom stereocenters. The minimum absolute atomic E-state index is 0.827. The molecule has 3 aliphatic rings. The quantitative estimate of drug-likeness (QED) is 0.739. The van der Waals surface area contributed by atoms with E-state index in [-0.39, 0.29) is 0 Å². The normalized spacial score (nSPS) is 37.0. The van der Waals surface area contributed by atoms with E-state index >= 15 is 0 Å². The summed E-state index contributed by atoms with van der Waals surface area (Å²) in [6.07, 6.45) is 6.98. The molecule has 104 valence electrons. The maximum Gasteiger partial charge on any atom is 0.0224 e. The first-order chi connectivity index (χ1) is 8.78. The Kier molecular flexibility index (Phi) is 3.92. The Hall–Kier alpha value is -0.120. The smallest absolute Gasteiger partial charge is 0.0224 e. The summed E-state index contributed by atoms with van der Waals surface area (Å²) in [4.78, 5) is 8.14. The summed E-state index contributed by atoms with van der Waals surface area (Å²) in [7, 11) is 2.27. The van der Waals surface area contributed by atoms with E-state index in [2.05, 4.69) is 28.7 Å². The van der Waals surface area contributed by atoms with Gasteiger partial charge in [0.2, 0.25) is 0 Å². The predicted octanol–water partition coefficient (Wildman–Crippen LogP) is 1.64. The molecule has 0 bridgehead atoms. The van der Waals surface area contributed by atoms with Crippen molar-refractivity contribution in [2.24, 2.45) is 0 Å². The second-order valence-corrected chi connectivity index (χ2v) is 6.58. The van der Waals surface area contributed by atoms with E-state index in [4.69, 9.17) is 0 Å². The molecule has 0 aromatic carbocycles. The third kappa shape index (κ3) is 2.45. The van der Waals surface area contributed by atoms with Crippen LogP contribution in [0.25, 0.3) is 0 Å². The molecule has 0 aliphatic carbocycles. The molecule has 0 saturated carbocycles. The van der Waals surface area contributed by atoms with Gasteiger partial charge in [-0.05, 0) is 58.8 Å². The van der Waals surface area contributed by atoms with E-state index in [1.807, 2.05) is 0 Å². The summed E-state index contributed by atoms with van der Waals surface area (Å²) in [5.74, 6) is 0. The predicted molar refractivity (Wildman–Crippen MR) is 75.9 cm³/mol. The molecule has 3 rings (SSSR count). The summed E-state index contributed by atoms with van der Waals surface area (Å²) in [5.41, 5.74) is 0. The number of fused-ring (bicyclic) bond motifs is 1. The molecule has 3 heterocycles. The lowest BCUT2D eigenvalue weighted by Crippen LogP contribution is -2.60. The topological polar surface area (TPSA) is 9.72 Å². The van der Waals surface area contributed by atoms with Crippen LogP contribution in [0.1, 0.15) is 39.0 Å². The number of piperidine rings is 1. The van der Waals surface area contributed by atoms with Crippen LogP contribution in [-0.2, 0) is 0 Å². The molecule has 3 saturated heterocycles. The van der Waals surface area contributed by atoms with Gasteiger partial charge in [-0.2, -0.15) is 0 Å². The Balaban J connectivity index is 1.65. The molecule has 2 unspecified atom stereocenters. The highest BCUT2D eigenvalue weighted by Crippen LogP contribution is 2.29. The van der Waals surface area contributed by atoms with Gasteiger partial charge in [0.1, 0.15) is 0 Å². The van der Waals surface area contributed by atoms with Gasteiger partial charge in [0.15, 0.2) is 0 Å². The van der Waals surface area contributed by atoms with E-state index in [1.54, 1.807) is 0 Å². The van der Waals surface area contributed by atoms with Crippen molar-refractivity contribution in [2.75, 3.05) is 39.8 Å².